The average molecular weight is 284 g/mol. The SMILES string of the molecule is CCNc1ccc(Cl)c(C(=O)N2CCC(OC)C2)n1. The van der Waals surface area contributed by atoms with Crippen LogP contribution >= 0.6 is 11.6 Å². The van der Waals surface area contributed by atoms with Gasteiger partial charge < -0.3 is 15.0 Å². The third-order valence-corrected chi connectivity index (χ3v) is 3.48. The van der Waals surface area contributed by atoms with Gasteiger partial charge in [0.1, 0.15) is 11.5 Å². The predicted molar refractivity (Wildman–Crippen MR) is 74.7 cm³/mol. The van der Waals surface area contributed by atoms with Crippen molar-refractivity contribution in [3.8, 4) is 0 Å². The third-order valence-electron chi connectivity index (χ3n) is 3.17. The number of aromatic nitrogens is 1. The second-order valence-corrected chi connectivity index (χ2v) is 4.86. The molecule has 1 aliphatic rings. The fraction of sp³-hybridized carbons (Fsp3) is 0.538. The van der Waals surface area contributed by atoms with Gasteiger partial charge in [-0.25, -0.2) is 4.98 Å². The highest BCUT2D eigenvalue weighted by Gasteiger charge is 2.28. The molecule has 0 saturated carbocycles. The van der Waals surface area contributed by atoms with Crippen molar-refractivity contribution in [2.24, 2.45) is 0 Å². The molecule has 1 aromatic heterocycles. The van der Waals surface area contributed by atoms with Crippen molar-refractivity contribution >= 4 is 23.3 Å². The van der Waals surface area contributed by atoms with Gasteiger partial charge >= 0.3 is 0 Å². The Morgan fingerprint density at radius 1 is 1.63 bits per heavy atom. The first-order chi connectivity index (χ1) is 9.15. The average Bonchev–Trinajstić information content (AvgIpc) is 2.89. The van der Waals surface area contributed by atoms with Crippen LogP contribution in [-0.4, -0.2) is 48.6 Å². The molecule has 0 bridgehead atoms. The van der Waals surface area contributed by atoms with Gasteiger partial charge in [0.2, 0.25) is 0 Å². The Labute approximate surface area is 117 Å². The molecule has 1 saturated heterocycles. The van der Waals surface area contributed by atoms with E-state index in [2.05, 4.69) is 10.3 Å². The minimum absolute atomic E-state index is 0.111. The Balaban J connectivity index is 2.16. The number of nitrogens with one attached hydrogen (secondary N) is 1. The molecule has 1 atom stereocenters. The second-order valence-electron chi connectivity index (χ2n) is 4.45. The molecule has 2 heterocycles. The van der Waals surface area contributed by atoms with Gasteiger partial charge in [0, 0.05) is 26.7 Å². The molecule has 1 aliphatic heterocycles. The van der Waals surface area contributed by atoms with Gasteiger partial charge in [-0.15, -0.1) is 0 Å². The predicted octanol–water partition coefficient (Wildman–Crippen LogP) is 2.03. The van der Waals surface area contributed by atoms with Crippen molar-refractivity contribution in [2.75, 3.05) is 32.1 Å². The van der Waals surface area contributed by atoms with Crippen LogP contribution in [0.2, 0.25) is 5.02 Å². The van der Waals surface area contributed by atoms with Gasteiger partial charge in [0.05, 0.1) is 11.1 Å². The molecule has 19 heavy (non-hydrogen) atoms. The van der Waals surface area contributed by atoms with Crippen molar-refractivity contribution < 1.29 is 9.53 Å². The molecule has 0 spiro atoms. The summed E-state index contributed by atoms with van der Waals surface area (Å²) < 4.78 is 5.26. The lowest BCUT2D eigenvalue weighted by Gasteiger charge is -2.16. The van der Waals surface area contributed by atoms with Gasteiger partial charge in [0.15, 0.2) is 0 Å². The zero-order valence-electron chi connectivity index (χ0n) is 11.1. The summed E-state index contributed by atoms with van der Waals surface area (Å²) in [5, 5.41) is 3.46. The molecular weight excluding hydrogens is 266 g/mol. The molecule has 5 nitrogen and oxygen atoms in total. The summed E-state index contributed by atoms with van der Waals surface area (Å²) in [5.74, 6) is 0.530. The van der Waals surface area contributed by atoms with Crippen molar-refractivity contribution in [3.63, 3.8) is 0 Å². The quantitative estimate of drug-likeness (QED) is 0.919. The van der Waals surface area contributed by atoms with E-state index in [0.717, 1.165) is 13.0 Å². The molecule has 1 amide bonds. The lowest BCUT2D eigenvalue weighted by molar-refractivity contribution is 0.0719. The summed E-state index contributed by atoms with van der Waals surface area (Å²) in [5.41, 5.74) is 0.303. The molecule has 1 N–H and O–H groups in total. The highest BCUT2D eigenvalue weighted by molar-refractivity contribution is 6.33. The molecule has 1 aromatic rings. The number of carbonyl (C=O) groups excluding carboxylic acids is 1. The first kappa shape index (κ1) is 14.1. The first-order valence-corrected chi connectivity index (χ1v) is 6.76. The van der Waals surface area contributed by atoms with E-state index >= 15 is 0 Å². The first-order valence-electron chi connectivity index (χ1n) is 6.38. The Bertz CT molecular complexity index is 467. The van der Waals surface area contributed by atoms with Crippen LogP contribution in [0.1, 0.15) is 23.8 Å². The van der Waals surface area contributed by atoms with E-state index in [1.807, 2.05) is 6.92 Å². The number of likely N-dealkylation sites (tertiary alicyclic amines) is 1. The summed E-state index contributed by atoms with van der Waals surface area (Å²) in [6.45, 7) is 4.00. The fourth-order valence-electron chi connectivity index (χ4n) is 2.13. The molecule has 0 aliphatic carbocycles. The van der Waals surface area contributed by atoms with Gasteiger partial charge in [-0.3, -0.25) is 4.79 Å². The van der Waals surface area contributed by atoms with E-state index in [1.165, 1.54) is 0 Å². The van der Waals surface area contributed by atoms with E-state index in [4.69, 9.17) is 16.3 Å². The van der Waals surface area contributed by atoms with E-state index in [9.17, 15) is 4.79 Å². The number of carbonyl (C=O) groups is 1. The number of pyridine rings is 1. The van der Waals surface area contributed by atoms with E-state index in [1.54, 1.807) is 24.1 Å². The number of hydrogen-bond acceptors (Lipinski definition) is 4. The number of rotatable bonds is 4. The molecular formula is C13H18ClN3O2. The number of hydrogen-bond donors (Lipinski definition) is 1. The number of anilines is 1. The van der Waals surface area contributed by atoms with Crippen LogP contribution in [0.15, 0.2) is 12.1 Å². The molecule has 0 aromatic carbocycles. The largest absolute Gasteiger partial charge is 0.380 e. The van der Waals surface area contributed by atoms with Crippen LogP contribution in [0.5, 0.6) is 0 Å². The van der Waals surface area contributed by atoms with Crippen LogP contribution in [0.3, 0.4) is 0 Å². The maximum atomic E-state index is 12.4. The van der Waals surface area contributed by atoms with Gasteiger partial charge in [-0.1, -0.05) is 11.6 Å². The number of halogens is 1. The fourth-order valence-corrected chi connectivity index (χ4v) is 2.31. The maximum absolute atomic E-state index is 12.4. The van der Waals surface area contributed by atoms with Crippen molar-refractivity contribution in [2.45, 2.75) is 19.4 Å². The normalized spacial score (nSPS) is 18.7. The molecule has 1 fully saturated rings. The van der Waals surface area contributed by atoms with Crippen LogP contribution < -0.4 is 5.32 Å². The highest BCUT2D eigenvalue weighted by atomic mass is 35.5. The van der Waals surface area contributed by atoms with Crippen molar-refractivity contribution in [1.82, 2.24) is 9.88 Å². The molecule has 6 heteroatoms. The number of ether oxygens (including phenoxy) is 1. The molecule has 104 valence electrons. The smallest absolute Gasteiger partial charge is 0.274 e. The summed E-state index contributed by atoms with van der Waals surface area (Å²) in [6, 6.07) is 3.47. The molecule has 1 unspecified atom stereocenters. The Hall–Kier alpha value is -1.33. The zero-order chi connectivity index (χ0) is 13.8. The molecule has 2 rings (SSSR count). The van der Waals surface area contributed by atoms with Crippen LogP contribution in [-0.2, 0) is 4.74 Å². The maximum Gasteiger partial charge on any atom is 0.274 e. The number of methoxy groups -OCH3 is 1. The minimum atomic E-state index is -0.135. The Morgan fingerprint density at radius 3 is 3.05 bits per heavy atom. The van der Waals surface area contributed by atoms with Crippen LogP contribution in [0.4, 0.5) is 5.82 Å². The highest BCUT2D eigenvalue weighted by Crippen LogP contribution is 2.21. The van der Waals surface area contributed by atoms with E-state index in [-0.39, 0.29) is 12.0 Å². The summed E-state index contributed by atoms with van der Waals surface area (Å²) in [4.78, 5) is 18.4. The van der Waals surface area contributed by atoms with Crippen molar-refractivity contribution in [3.05, 3.63) is 22.8 Å². The van der Waals surface area contributed by atoms with Crippen LogP contribution in [0.25, 0.3) is 0 Å². The third kappa shape index (κ3) is 3.16. The van der Waals surface area contributed by atoms with Crippen LogP contribution in [0, 0.1) is 0 Å². The zero-order valence-corrected chi connectivity index (χ0v) is 11.9. The van der Waals surface area contributed by atoms with E-state index in [0.29, 0.717) is 29.6 Å². The second kappa shape index (κ2) is 6.21. The lowest BCUT2D eigenvalue weighted by atomic mass is 10.3. The van der Waals surface area contributed by atoms with Crippen molar-refractivity contribution in [1.29, 1.82) is 0 Å². The molecule has 0 radical (unpaired) electrons. The number of nitrogens with zero attached hydrogens (tertiary/aromatic N) is 2. The monoisotopic (exact) mass is 283 g/mol. The minimum Gasteiger partial charge on any atom is -0.380 e. The van der Waals surface area contributed by atoms with Gasteiger partial charge in [-0.2, -0.15) is 0 Å². The standard InChI is InChI=1S/C13H18ClN3O2/c1-3-15-11-5-4-10(14)12(16-11)13(18)17-7-6-9(8-17)19-2/h4-5,9H,3,6-8H2,1-2H3,(H,15,16). The summed E-state index contributed by atoms with van der Waals surface area (Å²) in [7, 11) is 1.66. The topological polar surface area (TPSA) is 54.5 Å². The number of amides is 1. The van der Waals surface area contributed by atoms with Gasteiger partial charge in [-0.05, 0) is 25.5 Å². The van der Waals surface area contributed by atoms with E-state index < -0.39 is 0 Å². The Morgan fingerprint density at radius 2 is 2.42 bits per heavy atom. The van der Waals surface area contributed by atoms with Gasteiger partial charge in [0.25, 0.3) is 5.91 Å². The Kier molecular flexibility index (Phi) is 4.61. The lowest BCUT2D eigenvalue weighted by Crippen LogP contribution is -2.31. The summed E-state index contributed by atoms with van der Waals surface area (Å²) >= 11 is 6.07. The summed E-state index contributed by atoms with van der Waals surface area (Å²) in [6.07, 6.45) is 0.965.